The van der Waals surface area contributed by atoms with E-state index in [1.54, 1.807) is 0 Å². The maximum atomic E-state index is 11.5. The van der Waals surface area contributed by atoms with Gasteiger partial charge in [0, 0.05) is 25.2 Å². The highest BCUT2D eigenvalue weighted by Crippen LogP contribution is 2.23. The van der Waals surface area contributed by atoms with Gasteiger partial charge in [0.2, 0.25) is 5.91 Å². The summed E-state index contributed by atoms with van der Waals surface area (Å²) >= 11 is 0. The third-order valence-corrected chi connectivity index (χ3v) is 3.28. The van der Waals surface area contributed by atoms with Gasteiger partial charge in [0.15, 0.2) is 0 Å². The lowest BCUT2D eigenvalue weighted by Crippen LogP contribution is -2.26. The van der Waals surface area contributed by atoms with E-state index in [0.717, 1.165) is 25.1 Å². The molecule has 0 radical (unpaired) electrons. The molecular formula is C17H28N2O. The van der Waals surface area contributed by atoms with Crippen molar-refractivity contribution in [1.29, 1.82) is 0 Å². The first-order valence-electron chi connectivity index (χ1n) is 7.54. The molecule has 0 aliphatic carbocycles. The molecule has 20 heavy (non-hydrogen) atoms. The van der Waals surface area contributed by atoms with Gasteiger partial charge in [0.05, 0.1) is 0 Å². The van der Waals surface area contributed by atoms with Crippen molar-refractivity contribution in [3.8, 4) is 0 Å². The topological polar surface area (TPSA) is 41.1 Å². The zero-order valence-electron chi connectivity index (χ0n) is 13.3. The number of rotatable bonds is 7. The highest BCUT2D eigenvalue weighted by Gasteiger charge is 2.12. The van der Waals surface area contributed by atoms with Crippen molar-refractivity contribution in [2.75, 3.05) is 18.4 Å². The SMILES string of the molecule is CCCCNC(=O)CCNc1ccc(C(C)(C)C)cc1. The molecule has 0 aliphatic heterocycles. The zero-order valence-corrected chi connectivity index (χ0v) is 13.3. The lowest BCUT2D eigenvalue weighted by atomic mass is 9.87. The summed E-state index contributed by atoms with van der Waals surface area (Å²) < 4.78 is 0. The number of unbranched alkanes of at least 4 members (excludes halogenated alkanes) is 1. The Bertz CT molecular complexity index is 404. The summed E-state index contributed by atoms with van der Waals surface area (Å²) in [6.45, 7) is 10.2. The second-order valence-corrected chi connectivity index (χ2v) is 6.21. The van der Waals surface area contributed by atoms with E-state index in [-0.39, 0.29) is 11.3 Å². The van der Waals surface area contributed by atoms with Crippen LogP contribution in [0, 0.1) is 0 Å². The fourth-order valence-corrected chi connectivity index (χ4v) is 1.90. The van der Waals surface area contributed by atoms with Crippen LogP contribution in [0.25, 0.3) is 0 Å². The first-order chi connectivity index (χ1) is 9.43. The van der Waals surface area contributed by atoms with E-state index in [1.807, 2.05) is 0 Å². The Labute approximate surface area is 123 Å². The molecule has 0 saturated carbocycles. The average Bonchev–Trinajstić information content (AvgIpc) is 2.38. The molecule has 0 aliphatic rings. The first kappa shape index (κ1) is 16.5. The van der Waals surface area contributed by atoms with Crippen LogP contribution in [0.5, 0.6) is 0 Å². The number of carbonyl (C=O) groups excluding carboxylic acids is 1. The number of hydrogen-bond acceptors (Lipinski definition) is 2. The Kier molecular flexibility index (Phi) is 6.56. The van der Waals surface area contributed by atoms with Gasteiger partial charge in [0.1, 0.15) is 0 Å². The van der Waals surface area contributed by atoms with Crippen molar-refractivity contribution in [3.05, 3.63) is 29.8 Å². The predicted octanol–water partition coefficient (Wildman–Crippen LogP) is 3.70. The molecule has 1 aromatic rings. The van der Waals surface area contributed by atoms with Gasteiger partial charge in [-0.15, -0.1) is 0 Å². The van der Waals surface area contributed by atoms with Crippen molar-refractivity contribution < 1.29 is 4.79 Å². The lowest BCUT2D eigenvalue weighted by Gasteiger charge is -2.19. The van der Waals surface area contributed by atoms with Gasteiger partial charge in [-0.2, -0.15) is 0 Å². The Balaban J connectivity index is 2.30. The number of benzene rings is 1. The van der Waals surface area contributed by atoms with E-state index < -0.39 is 0 Å². The minimum atomic E-state index is 0.122. The van der Waals surface area contributed by atoms with Crippen LogP contribution in [0.4, 0.5) is 5.69 Å². The smallest absolute Gasteiger partial charge is 0.221 e. The standard InChI is InChI=1S/C17H28N2O/c1-5-6-12-19-16(20)11-13-18-15-9-7-14(8-10-15)17(2,3)4/h7-10,18H,5-6,11-13H2,1-4H3,(H,19,20). The van der Waals surface area contributed by atoms with Crippen molar-refractivity contribution in [2.45, 2.75) is 52.4 Å². The van der Waals surface area contributed by atoms with Gasteiger partial charge in [-0.05, 0) is 29.5 Å². The summed E-state index contributed by atoms with van der Waals surface area (Å²) in [6.07, 6.45) is 2.68. The Hall–Kier alpha value is -1.51. The molecule has 0 heterocycles. The minimum absolute atomic E-state index is 0.122. The van der Waals surface area contributed by atoms with Crippen molar-refractivity contribution in [1.82, 2.24) is 5.32 Å². The van der Waals surface area contributed by atoms with Crippen molar-refractivity contribution in [3.63, 3.8) is 0 Å². The van der Waals surface area contributed by atoms with E-state index in [9.17, 15) is 4.79 Å². The van der Waals surface area contributed by atoms with E-state index in [0.29, 0.717) is 13.0 Å². The van der Waals surface area contributed by atoms with E-state index in [4.69, 9.17) is 0 Å². The number of amides is 1. The molecule has 3 heteroatoms. The van der Waals surface area contributed by atoms with Gasteiger partial charge >= 0.3 is 0 Å². The summed E-state index contributed by atoms with van der Waals surface area (Å²) in [5.41, 5.74) is 2.57. The molecule has 0 unspecified atom stereocenters. The summed E-state index contributed by atoms with van der Waals surface area (Å²) in [5, 5.41) is 6.20. The average molecular weight is 276 g/mol. The van der Waals surface area contributed by atoms with E-state index in [1.165, 1.54) is 5.56 Å². The highest BCUT2D eigenvalue weighted by atomic mass is 16.1. The summed E-state index contributed by atoms with van der Waals surface area (Å²) in [5.74, 6) is 0.122. The predicted molar refractivity (Wildman–Crippen MR) is 86.2 cm³/mol. The van der Waals surface area contributed by atoms with Gasteiger partial charge in [-0.3, -0.25) is 4.79 Å². The highest BCUT2D eigenvalue weighted by molar-refractivity contribution is 5.76. The van der Waals surface area contributed by atoms with Crippen molar-refractivity contribution >= 4 is 11.6 Å². The fraction of sp³-hybridized carbons (Fsp3) is 0.588. The largest absolute Gasteiger partial charge is 0.385 e. The van der Waals surface area contributed by atoms with Gasteiger partial charge in [-0.25, -0.2) is 0 Å². The number of hydrogen-bond donors (Lipinski definition) is 2. The third-order valence-electron chi connectivity index (χ3n) is 3.28. The zero-order chi connectivity index (χ0) is 15.0. The number of carbonyl (C=O) groups is 1. The van der Waals surface area contributed by atoms with Gasteiger partial charge < -0.3 is 10.6 Å². The summed E-state index contributed by atoms with van der Waals surface area (Å²) in [7, 11) is 0. The van der Waals surface area contributed by atoms with Crippen LogP contribution in [-0.4, -0.2) is 19.0 Å². The van der Waals surface area contributed by atoms with Crippen LogP contribution < -0.4 is 10.6 Å². The Morgan fingerprint density at radius 3 is 2.30 bits per heavy atom. The molecule has 0 bridgehead atoms. The normalized spacial score (nSPS) is 11.2. The molecule has 0 fully saturated rings. The van der Waals surface area contributed by atoms with Gasteiger partial charge in [0.25, 0.3) is 0 Å². The minimum Gasteiger partial charge on any atom is -0.385 e. The molecule has 1 rings (SSSR count). The van der Waals surface area contributed by atoms with Gasteiger partial charge in [-0.1, -0.05) is 46.2 Å². The van der Waals surface area contributed by atoms with Crippen LogP contribution in [0.2, 0.25) is 0 Å². The number of anilines is 1. The molecule has 0 spiro atoms. The molecule has 112 valence electrons. The summed E-state index contributed by atoms with van der Waals surface area (Å²) in [4.78, 5) is 11.5. The van der Waals surface area contributed by atoms with Crippen LogP contribution in [0.1, 0.15) is 52.5 Å². The van der Waals surface area contributed by atoms with Crippen LogP contribution in [0.3, 0.4) is 0 Å². The van der Waals surface area contributed by atoms with Crippen LogP contribution >= 0.6 is 0 Å². The maximum absolute atomic E-state index is 11.5. The molecule has 1 aromatic carbocycles. The fourth-order valence-electron chi connectivity index (χ4n) is 1.90. The monoisotopic (exact) mass is 276 g/mol. The van der Waals surface area contributed by atoms with Crippen molar-refractivity contribution in [2.24, 2.45) is 0 Å². The van der Waals surface area contributed by atoms with Crippen LogP contribution in [-0.2, 0) is 10.2 Å². The summed E-state index contributed by atoms with van der Waals surface area (Å²) in [6, 6.07) is 8.44. The van der Waals surface area contributed by atoms with E-state index >= 15 is 0 Å². The molecule has 0 saturated heterocycles. The molecule has 2 N–H and O–H groups in total. The third kappa shape index (κ3) is 6.09. The molecule has 0 atom stereocenters. The first-order valence-corrected chi connectivity index (χ1v) is 7.54. The second-order valence-electron chi connectivity index (χ2n) is 6.21. The number of nitrogens with one attached hydrogen (secondary N) is 2. The van der Waals surface area contributed by atoms with E-state index in [2.05, 4.69) is 62.6 Å². The molecule has 0 aromatic heterocycles. The van der Waals surface area contributed by atoms with Crippen LogP contribution in [0.15, 0.2) is 24.3 Å². The second kappa shape index (κ2) is 7.93. The quantitative estimate of drug-likeness (QED) is 0.746. The Morgan fingerprint density at radius 1 is 1.10 bits per heavy atom. The Morgan fingerprint density at radius 2 is 1.75 bits per heavy atom. The lowest BCUT2D eigenvalue weighted by molar-refractivity contribution is -0.120. The molecular weight excluding hydrogens is 248 g/mol. The molecule has 3 nitrogen and oxygen atoms in total. The maximum Gasteiger partial charge on any atom is 0.221 e. The molecule has 1 amide bonds.